The van der Waals surface area contributed by atoms with E-state index in [-0.39, 0.29) is 40.5 Å². The van der Waals surface area contributed by atoms with Gasteiger partial charge in [0.05, 0.1) is 23.6 Å². The number of furan rings is 1. The Hall–Kier alpha value is -5.01. The van der Waals surface area contributed by atoms with Crippen LogP contribution in [0.25, 0.3) is 22.4 Å². The predicted octanol–water partition coefficient (Wildman–Crippen LogP) is 4.79. The second kappa shape index (κ2) is 11.2. The van der Waals surface area contributed by atoms with E-state index < -0.39 is 11.7 Å². The number of nitriles is 1. The summed E-state index contributed by atoms with van der Waals surface area (Å²) in [7, 11) is 0. The molecule has 39 heavy (non-hydrogen) atoms. The number of carbonyl (C=O) groups excluding carboxylic acids is 2. The van der Waals surface area contributed by atoms with Crippen molar-refractivity contribution in [2.45, 2.75) is 25.3 Å². The zero-order chi connectivity index (χ0) is 27.4. The first-order valence-corrected chi connectivity index (χ1v) is 12.4. The molecule has 3 heterocycles. The van der Waals surface area contributed by atoms with Crippen molar-refractivity contribution in [2.24, 2.45) is 0 Å². The highest BCUT2D eigenvalue weighted by Crippen LogP contribution is 2.36. The predicted molar refractivity (Wildman–Crippen MR) is 144 cm³/mol. The molecule has 1 saturated heterocycles. The normalized spacial score (nSPS) is 14.5. The van der Waals surface area contributed by atoms with E-state index in [0.29, 0.717) is 28.8 Å². The number of nitrogens with zero attached hydrogens (tertiary/aromatic N) is 2. The van der Waals surface area contributed by atoms with E-state index in [1.54, 1.807) is 36.4 Å². The Balaban J connectivity index is 1.55. The molecule has 2 aromatic heterocycles. The molecule has 0 radical (unpaired) electrons. The van der Waals surface area contributed by atoms with Crippen LogP contribution >= 0.6 is 0 Å². The summed E-state index contributed by atoms with van der Waals surface area (Å²) in [6, 6.07) is 17.6. The second-order valence-corrected chi connectivity index (χ2v) is 9.14. The molecule has 5 rings (SSSR count). The zero-order valence-electron chi connectivity index (χ0n) is 20.8. The van der Waals surface area contributed by atoms with Crippen LogP contribution in [0.1, 0.15) is 35.4 Å². The minimum absolute atomic E-state index is 0.0251. The van der Waals surface area contributed by atoms with Crippen molar-refractivity contribution in [3.05, 3.63) is 84.1 Å². The molecule has 0 bridgehead atoms. The minimum Gasteiger partial charge on any atom is -0.593 e. The van der Waals surface area contributed by atoms with Crippen LogP contribution in [0.15, 0.2) is 71.3 Å². The Labute approximate surface area is 223 Å². The molecule has 1 fully saturated rings. The zero-order valence-corrected chi connectivity index (χ0v) is 20.8. The number of amides is 2. The van der Waals surface area contributed by atoms with Crippen LogP contribution in [-0.2, 0) is 4.79 Å². The Morgan fingerprint density at radius 3 is 2.72 bits per heavy atom. The van der Waals surface area contributed by atoms with Crippen LogP contribution < -0.4 is 16.0 Å². The van der Waals surface area contributed by atoms with E-state index >= 15 is 0 Å². The van der Waals surface area contributed by atoms with E-state index in [9.17, 15) is 19.2 Å². The summed E-state index contributed by atoms with van der Waals surface area (Å²) in [5.41, 5.74) is 2.17. The third-order valence-corrected chi connectivity index (χ3v) is 6.42. The van der Waals surface area contributed by atoms with Crippen LogP contribution in [0, 0.1) is 17.1 Å². The molecule has 9 nitrogen and oxygen atoms in total. The molecule has 1 atom stereocenters. The topological polar surface area (TPSA) is 143 Å². The third-order valence-electron chi connectivity index (χ3n) is 6.42. The minimum atomic E-state index is -0.612. The first-order chi connectivity index (χ1) is 18.9. The standard InChI is InChI=1S/C29H24FN5O4/c30-18-8-9-21(25(36)13-18)24-15-22(23(16-31)28(34-24)35-29(38)26-7-3-11-39-26)17-4-1-5-20(12-17)33-27(37)14-19-6-2-10-32-19/h1,3-5,7-9,11-13,15,19,32,36H,2,6,10,14H2,(H,33,37)(H,34,35,38)/p+1/t19-/m1/s1. The summed E-state index contributed by atoms with van der Waals surface area (Å²) < 4.78 is 18.9. The lowest BCUT2D eigenvalue weighted by atomic mass is 9.97. The van der Waals surface area contributed by atoms with Crippen molar-refractivity contribution < 1.29 is 23.5 Å². The molecule has 0 unspecified atom stereocenters. The summed E-state index contributed by atoms with van der Waals surface area (Å²) in [6.45, 7) is 0.904. The van der Waals surface area contributed by atoms with E-state index in [2.05, 4.69) is 27.0 Å². The highest BCUT2D eigenvalue weighted by atomic mass is 19.1. The number of carbonyl (C=O) groups is 2. The smallest absolute Gasteiger partial charge is 0.292 e. The van der Waals surface area contributed by atoms with Gasteiger partial charge in [0, 0.05) is 23.7 Å². The van der Waals surface area contributed by atoms with Gasteiger partial charge in [-0.05, 0) is 67.4 Å². The number of rotatable bonds is 7. The van der Waals surface area contributed by atoms with Gasteiger partial charge in [-0.3, -0.25) is 9.59 Å². The first-order valence-electron chi connectivity index (χ1n) is 12.4. The van der Waals surface area contributed by atoms with E-state index in [0.717, 1.165) is 25.5 Å². The lowest BCUT2D eigenvalue weighted by Gasteiger charge is -2.15. The number of nitrogens with one attached hydrogen (secondary N) is 3. The van der Waals surface area contributed by atoms with E-state index in [1.807, 2.05) is 0 Å². The molecule has 4 aromatic rings. The van der Waals surface area contributed by atoms with Gasteiger partial charge in [0.25, 0.3) is 11.7 Å². The van der Waals surface area contributed by atoms with Crippen molar-refractivity contribution >= 4 is 23.3 Å². The number of benzene rings is 2. The molecule has 10 heteroatoms. The quantitative estimate of drug-likeness (QED) is 0.296. The number of halogens is 1. The van der Waals surface area contributed by atoms with E-state index in [4.69, 9.17) is 9.52 Å². The number of pyridine rings is 1. The molecule has 2 amide bonds. The van der Waals surface area contributed by atoms with Crippen LogP contribution in [0.4, 0.5) is 15.9 Å². The van der Waals surface area contributed by atoms with Crippen LogP contribution in [0.3, 0.4) is 0 Å². The van der Waals surface area contributed by atoms with Gasteiger partial charge in [0.2, 0.25) is 5.91 Å². The summed E-state index contributed by atoms with van der Waals surface area (Å²) in [6.07, 6.45) is 3.70. The maximum Gasteiger partial charge on any atom is 0.292 e. The number of anilines is 2. The first kappa shape index (κ1) is 25.6. The van der Waals surface area contributed by atoms with Crippen LogP contribution in [0.5, 0.6) is 5.75 Å². The molecular weight excluding hydrogens is 501 g/mol. The molecule has 0 saturated carbocycles. The molecule has 1 aliphatic heterocycles. The fourth-order valence-electron chi connectivity index (χ4n) is 4.56. The maximum atomic E-state index is 13.7. The monoisotopic (exact) mass is 526 g/mol. The fraction of sp³-hybridized carbons (Fsp3) is 0.172. The molecule has 0 spiro atoms. The Morgan fingerprint density at radius 1 is 1.13 bits per heavy atom. The van der Waals surface area contributed by atoms with E-state index in [1.165, 1.54) is 24.5 Å². The van der Waals surface area contributed by atoms with Crippen molar-refractivity contribution in [2.75, 3.05) is 17.2 Å². The van der Waals surface area contributed by atoms with Crippen molar-refractivity contribution in [1.29, 1.82) is 5.26 Å². The van der Waals surface area contributed by atoms with Gasteiger partial charge in [0.15, 0.2) is 11.6 Å². The Morgan fingerprint density at radius 2 is 2.00 bits per heavy atom. The average molecular weight is 527 g/mol. The van der Waals surface area contributed by atoms with Gasteiger partial charge in [-0.1, -0.05) is 12.1 Å². The molecule has 196 valence electrons. The number of hydrogen-bond acceptors (Lipinski definition) is 6. The highest BCUT2D eigenvalue weighted by molar-refractivity contribution is 6.03. The lowest BCUT2D eigenvalue weighted by Crippen LogP contribution is -2.27. The van der Waals surface area contributed by atoms with Gasteiger partial charge >= 0.3 is 0 Å². The Kier molecular flexibility index (Phi) is 7.34. The van der Waals surface area contributed by atoms with Gasteiger partial charge in [-0.25, -0.2) is 9.37 Å². The summed E-state index contributed by atoms with van der Waals surface area (Å²) in [5, 5.41) is 27.2. The maximum absolute atomic E-state index is 13.7. The Bertz CT molecular complexity index is 1570. The van der Waals surface area contributed by atoms with Gasteiger partial charge in [0.1, 0.15) is 17.4 Å². The van der Waals surface area contributed by atoms with Gasteiger partial charge < -0.3 is 25.5 Å². The van der Waals surface area contributed by atoms with Crippen LogP contribution in [0.2, 0.25) is 0 Å². The molecule has 2 aromatic carbocycles. The summed E-state index contributed by atoms with van der Waals surface area (Å²) in [4.78, 5) is 29.8. The van der Waals surface area contributed by atoms with Crippen molar-refractivity contribution in [1.82, 2.24) is 10.3 Å². The van der Waals surface area contributed by atoms with Gasteiger partial charge in [-0.2, -0.15) is 5.26 Å². The second-order valence-electron chi connectivity index (χ2n) is 9.14. The summed E-state index contributed by atoms with van der Waals surface area (Å²) >= 11 is 0. The average Bonchev–Trinajstić information content (AvgIpc) is 3.63. The fourth-order valence-corrected chi connectivity index (χ4v) is 4.56. The van der Waals surface area contributed by atoms with Gasteiger partial charge in [-0.15, -0.1) is 0 Å². The van der Waals surface area contributed by atoms with Crippen molar-refractivity contribution in [3.63, 3.8) is 0 Å². The highest BCUT2D eigenvalue weighted by Gasteiger charge is 2.22. The molecular formula is C29H25FN5O4+. The number of hydrogen-bond donors (Lipinski definition) is 3. The third kappa shape index (κ3) is 5.79. The van der Waals surface area contributed by atoms with Crippen LogP contribution in [-0.4, -0.2) is 34.5 Å². The molecule has 5 N–H and O–H groups in total. The lowest BCUT2D eigenvalue weighted by molar-refractivity contribution is -0.116. The molecule has 0 aliphatic carbocycles. The largest absolute Gasteiger partial charge is 0.593 e. The number of aromatic nitrogens is 1. The van der Waals surface area contributed by atoms with Crippen molar-refractivity contribution in [3.8, 4) is 34.2 Å². The summed E-state index contributed by atoms with van der Waals surface area (Å²) in [5.74, 6) is -1.44. The SMILES string of the molecule is N#Cc1c(-c2cccc(NC(=O)C[C@H]3CCCN3)c2)cc(-c2ccc(F)cc2[OH2+])nc1NC(=O)c1ccco1. The molecule has 1 aliphatic rings.